The van der Waals surface area contributed by atoms with Gasteiger partial charge in [-0.2, -0.15) is 4.98 Å². The van der Waals surface area contributed by atoms with Crippen molar-refractivity contribution in [3.05, 3.63) is 52.0 Å². The molecule has 0 unspecified atom stereocenters. The lowest BCUT2D eigenvalue weighted by molar-refractivity contribution is 0.0935. The lowest BCUT2D eigenvalue weighted by Crippen LogP contribution is -2.38. The van der Waals surface area contributed by atoms with Gasteiger partial charge in [-0.15, -0.1) is 0 Å². The number of furan rings is 1. The topological polar surface area (TPSA) is 74.5 Å². The van der Waals surface area contributed by atoms with Gasteiger partial charge in [0.1, 0.15) is 17.4 Å². The van der Waals surface area contributed by atoms with E-state index in [4.69, 9.17) is 21.0 Å². The molecule has 2 aromatic heterocycles. The third-order valence-corrected chi connectivity index (χ3v) is 7.43. The van der Waals surface area contributed by atoms with Gasteiger partial charge in [-0.05, 0) is 70.2 Å². The van der Waals surface area contributed by atoms with Crippen molar-refractivity contribution in [2.24, 2.45) is 5.92 Å². The molecule has 7 nitrogen and oxygen atoms in total. The highest BCUT2D eigenvalue weighted by Gasteiger charge is 2.28. The zero-order valence-corrected chi connectivity index (χ0v) is 20.7. The Hall–Kier alpha value is -2.64. The molecule has 1 N–H and O–H groups in total. The second-order valence-electron chi connectivity index (χ2n) is 9.52. The van der Waals surface area contributed by atoms with E-state index in [0.717, 1.165) is 74.6 Å². The Morgan fingerprint density at radius 1 is 1.12 bits per heavy atom. The molecule has 2 saturated heterocycles. The molecule has 5 rings (SSSR count). The quantitative estimate of drug-likeness (QED) is 0.548. The van der Waals surface area contributed by atoms with Gasteiger partial charge in [0.15, 0.2) is 0 Å². The van der Waals surface area contributed by atoms with Crippen molar-refractivity contribution >= 4 is 34.4 Å². The van der Waals surface area contributed by atoms with Gasteiger partial charge in [0.25, 0.3) is 5.91 Å². The number of likely N-dealkylation sites (tertiary alicyclic amines) is 1. The molecule has 1 aromatic carbocycles. The first-order valence-corrected chi connectivity index (χ1v) is 12.6. The average molecular weight is 482 g/mol. The molecule has 8 heteroatoms. The van der Waals surface area contributed by atoms with Crippen molar-refractivity contribution in [2.75, 3.05) is 37.6 Å². The van der Waals surface area contributed by atoms with E-state index in [1.165, 1.54) is 5.56 Å². The molecule has 2 aliphatic heterocycles. The number of rotatable bonds is 6. The van der Waals surface area contributed by atoms with Gasteiger partial charge >= 0.3 is 0 Å². The van der Waals surface area contributed by atoms with Crippen molar-refractivity contribution in [2.45, 2.75) is 46.1 Å². The zero-order valence-electron chi connectivity index (χ0n) is 19.9. The van der Waals surface area contributed by atoms with Gasteiger partial charge in [-0.25, -0.2) is 4.98 Å². The van der Waals surface area contributed by atoms with Crippen LogP contribution in [0.4, 0.5) is 5.82 Å². The third-order valence-electron chi connectivity index (χ3n) is 7.06. The van der Waals surface area contributed by atoms with Crippen LogP contribution in [0, 0.1) is 19.8 Å². The maximum absolute atomic E-state index is 13.3. The molecule has 34 heavy (non-hydrogen) atoms. The predicted octanol–water partition coefficient (Wildman–Crippen LogP) is 4.74. The Bertz CT molecular complexity index is 1180. The highest BCUT2D eigenvalue weighted by molar-refractivity contribution is 6.31. The van der Waals surface area contributed by atoms with Crippen LogP contribution in [0.5, 0.6) is 0 Å². The van der Waals surface area contributed by atoms with Crippen molar-refractivity contribution in [1.82, 2.24) is 20.2 Å². The van der Waals surface area contributed by atoms with E-state index < -0.39 is 0 Å². The van der Waals surface area contributed by atoms with E-state index in [9.17, 15) is 4.79 Å². The SMILES string of the molecule is Cc1nc(N2CCCC2)c2c(C(=O)NCC3CCN(Cc4ccccc4Cl)CC3)c(C)oc2n1. The van der Waals surface area contributed by atoms with Gasteiger partial charge < -0.3 is 14.6 Å². The summed E-state index contributed by atoms with van der Waals surface area (Å²) in [6, 6.07) is 8.04. The van der Waals surface area contributed by atoms with E-state index in [0.29, 0.717) is 35.3 Å². The molecule has 4 heterocycles. The lowest BCUT2D eigenvalue weighted by Gasteiger charge is -2.32. The lowest BCUT2D eigenvalue weighted by atomic mass is 9.96. The number of hydrogen-bond donors (Lipinski definition) is 1. The molecule has 0 radical (unpaired) electrons. The number of piperidine rings is 1. The summed E-state index contributed by atoms with van der Waals surface area (Å²) in [6.45, 7) is 9.15. The van der Waals surface area contributed by atoms with Crippen LogP contribution < -0.4 is 10.2 Å². The second-order valence-corrected chi connectivity index (χ2v) is 9.93. The molecular weight excluding hydrogens is 450 g/mol. The molecular formula is C26H32ClN5O2. The summed E-state index contributed by atoms with van der Waals surface area (Å²) in [7, 11) is 0. The monoisotopic (exact) mass is 481 g/mol. The smallest absolute Gasteiger partial charge is 0.255 e. The van der Waals surface area contributed by atoms with E-state index >= 15 is 0 Å². The number of nitrogens with one attached hydrogen (secondary N) is 1. The van der Waals surface area contributed by atoms with Crippen molar-refractivity contribution in [3.63, 3.8) is 0 Å². The summed E-state index contributed by atoms with van der Waals surface area (Å²) in [6.07, 6.45) is 4.38. The van der Waals surface area contributed by atoms with Gasteiger partial charge in [0, 0.05) is 31.2 Å². The molecule has 0 bridgehead atoms. The van der Waals surface area contributed by atoms with Crippen molar-refractivity contribution in [3.8, 4) is 0 Å². The molecule has 1 amide bonds. The normalized spacial score (nSPS) is 17.6. The highest BCUT2D eigenvalue weighted by Crippen LogP contribution is 2.33. The minimum absolute atomic E-state index is 0.0948. The molecule has 2 fully saturated rings. The number of aryl methyl sites for hydroxylation is 2. The third kappa shape index (κ3) is 4.77. The molecule has 3 aromatic rings. The van der Waals surface area contributed by atoms with Crippen LogP contribution in [-0.4, -0.2) is 53.5 Å². The number of carbonyl (C=O) groups excluding carboxylic acids is 1. The minimum atomic E-state index is -0.0948. The standard InChI is InChI=1S/C26H32ClN5O2/c1-17-22(23-24(32-11-5-6-12-32)29-18(2)30-26(23)34-17)25(33)28-15-19-9-13-31(14-10-19)16-20-7-3-4-8-21(20)27/h3-4,7-8,19H,5-6,9-16H2,1-2H3,(H,28,33). The van der Waals surface area contributed by atoms with Gasteiger partial charge in [0.2, 0.25) is 5.71 Å². The van der Waals surface area contributed by atoms with Crippen LogP contribution in [0.2, 0.25) is 5.02 Å². The maximum atomic E-state index is 13.3. The first-order chi connectivity index (χ1) is 16.5. The van der Waals surface area contributed by atoms with Crippen LogP contribution in [-0.2, 0) is 6.54 Å². The van der Waals surface area contributed by atoms with Gasteiger partial charge in [-0.3, -0.25) is 9.69 Å². The van der Waals surface area contributed by atoms with Crippen LogP contribution in [0.1, 0.15) is 53.2 Å². The number of nitrogens with zero attached hydrogens (tertiary/aromatic N) is 4. The summed E-state index contributed by atoms with van der Waals surface area (Å²) < 4.78 is 5.92. The molecule has 180 valence electrons. The minimum Gasteiger partial charge on any atom is -0.442 e. The number of amides is 1. The summed E-state index contributed by atoms with van der Waals surface area (Å²) >= 11 is 6.33. The number of benzene rings is 1. The molecule has 0 atom stereocenters. The summed E-state index contributed by atoms with van der Waals surface area (Å²) in [5.74, 6) is 2.46. The Morgan fingerprint density at radius 3 is 2.59 bits per heavy atom. The number of fused-ring (bicyclic) bond motifs is 1. The summed E-state index contributed by atoms with van der Waals surface area (Å²) in [4.78, 5) is 27.2. The number of carbonyl (C=O) groups is 1. The highest BCUT2D eigenvalue weighted by atomic mass is 35.5. The first kappa shape index (κ1) is 23.1. The Morgan fingerprint density at radius 2 is 1.85 bits per heavy atom. The molecule has 2 aliphatic rings. The van der Waals surface area contributed by atoms with Crippen molar-refractivity contribution < 1.29 is 9.21 Å². The Kier molecular flexibility index (Phi) is 6.75. The largest absolute Gasteiger partial charge is 0.442 e. The fourth-order valence-corrected chi connectivity index (χ4v) is 5.37. The van der Waals surface area contributed by atoms with Crippen LogP contribution in [0.15, 0.2) is 28.7 Å². The Labute approximate surface area is 205 Å². The first-order valence-electron chi connectivity index (χ1n) is 12.3. The molecule has 0 aliphatic carbocycles. The van der Waals surface area contributed by atoms with E-state index in [-0.39, 0.29) is 5.91 Å². The zero-order chi connectivity index (χ0) is 23.7. The fraction of sp³-hybridized carbons (Fsp3) is 0.500. The Balaban J connectivity index is 1.24. The van der Waals surface area contributed by atoms with Gasteiger partial charge in [0.05, 0.1) is 10.9 Å². The fourth-order valence-electron chi connectivity index (χ4n) is 5.17. The predicted molar refractivity (Wildman–Crippen MR) is 135 cm³/mol. The number of anilines is 1. The average Bonchev–Trinajstić information content (AvgIpc) is 3.47. The summed E-state index contributed by atoms with van der Waals surface area (Å²) in [5.41, 5.74) is 2.25. The summed E-state index contributed by atoms with van der Waals surface area (Å²) in [5, 5.41) is 4.75. The van der Waals surface area contributed by atoms with E-state index in [2.05, 4.69) is 26.2 Å². The maximum Gasteiger partial charge on any atom is 0.255 e. The number of halogens is 1. The molecule has 0 saturated carbocycles. The van der Waals surface area contributed by atoms with Crippen LogP contribution in [0.25, 0.3) is 11.1 Å². The number of aromatic nitrogens is 2. The molecule has 0 spiro atoms. The van der Waals surface area contributed by atoms with E-state index in [1.54, 1.807) is 0 Å². The van der Waals surface area contributed by atoms with Gasteiger partial charge in [-0.1, -0.05) is 29.8 Å². The van der Waals surface area contributed by atoms with E-state index in [1.807, 2.05) is 32.0 Å². The second kappa shape index (κ2) is 9.92. The van der Waals surface area contributed by atoms with Crippen LogP contribution in [0.3, 0.4) is 0 Å². The van der Waals surface area contributed by atoms with Crippen molar-refractivity contribution in [1.29, 1.82) is 0 Å². The van der Waals surface area contributed by atoms with Crippen LogP contribution >= 0.6 is 11.6 Å². The number of hydrogen-bond acceptors (Lipinski definition) is 6.